The molecule has 0 spiro atoms. The lowest BCUT2D eigenvalue weighted by Gasteiger charge is -1.98. The van der Waals surface area contributed by atoms with Gasteiger partial charge in [0.25, 0.3) is 15.7 Å². The van der Waals surface area contributed by atoms with Crippen molar-refractivity contribution in [2.75, 3.05) is 6.26 Å². The molecule has 0 aliphatic rings. The molecular weight excluding hydrogens is 228 g/mol. The summed E-state index contributed by atoms with van der Waals surface area (Å²) in [5.41, 5.74) is -0.932. The smallest absolute Gasteiger partial charge is 0.313 e. The van der Waals surface area contributed by atoms with Crippen molar-refractivity contribution in [3.8, 4) is 0 Å². The Morgan fingerprint density at radius 1 is 1.53 bits per heavy atom. The van der Waals surface area contributed by atoms with Gasteiger partial charge < -0.3 is 4.98 Å². The lowest BCUT2D eigenvalue weighted by atomic mass is 10.4. The molecule has 0 atom stereocenters. The number of rotatable bonds is 3. The Morgan fingerprint density at radius 3 is 2.73 bits per heavy atom. The van der Waals surface area contributed by atoms with Gasteiger partial charge in [0.15, 0.2) is 5.69 Å². The maximum Gasteiger partial charge on any atom is 0.393 e. The second-order valence-electron chi connectivity index (χ2n) is 2.44. The molecule has 8 nitrogen and oxygen atoms in total. The van der Waals surface area contributed by atoms with Gasteiger partial charge in [0.05, 0.1) is 12.6 Å². The maximum atomic E-state index is 11.0. The van der Waals surface area contributed by atoms with E-state index in [-0.39, 0.29) is 5.69 Å². The zero-order valence-electron chi connectivity index (χ0n) is 7.46. The zero-order chi connectivity index (χ0) is 11.5. The van der Waals surface area contributed by atoms with Crippen molar-refractivity contribution in [1.29, 1.82) is 0 Å². The van der Waals surface area contributed by atoms with Crippen LogP contribution in [-0.4, -0.2) is 30.6 Å². The number of hydrogen-bond acceptors (Lipinski definition) is 7. The van der Waals surface area contributed by atoms with E-state index in [1.54, 1.807) is 0 Å². The van der Waals surface area contributed by atoms with Crippen LogP contribution in [0.4, 0.5) is 0 Å². The Balaban J connectivity index is 2.74. The third-order valence-corrected chi connectivity index (χ3v) is 1.44. The number of nitrogens with one attached hydrogen (secondary N) is 1. The lowest BCUT2D eigenvalue weighted by molar-refractivity contribution is -0.143. The minimum atomic E-state index is -3.89. The molecule has 1 aromatic heterocycles. The highest BCUT2D eigenvalue weighted by Crippen LogP contribution is 1.96. The van der Waals surface area contributed by atoms with E-state index in [0.29, 0.717) is 6.26 Å². The summed E-state index contributed by atoms with van der Waals surface area (Å²) >= 11 is 0. The molecule has 1 heterocycles. The number of carbonyl (C=O) groups is 1. The van der Waals surface area contributed by atoms with Gasteiger partial charge in [-0.1, -0.05) is 4.33 Å². The van der Waals surface area contributed by atoms with Crippen LogP contribution >= 0.6 is 0 Å². The van der Waals surface area contributed by atoms with E-state index in [4.69, 9.17) is 0 Å². The van der Waals surface area contributed by atoms with Crippen LogP contribution in [0.1, 0.15) is 10.5 Å². The van der Waals surface area contributed by atoms with Crippen LogP contribution in [0, 0.1) is 0 Å². The van der Waals surface area contributed by atoms with Crippen LogP contribution in [0.5, 0.6) is 0 Å². The first kappa shape index (κ1) is 11.3. The van der Waals surface area contributed by atoms with Crippen molar-refractivity contribution in [3.63, 3.8) is 0 Å². The molecule has 0 saturated heterocycles. The highest BCUT2D eigenvalue weighted by molar-refractivity contribution is 7.85. The molecule has 0 aliphatic heterocycles. The normalized spacial score (nSPS) is 11.0. The summed E-state index contributed by atoms with van der Waals surface area (Å²) < 4.78 is 24.6. The molecule has 0 aliphatic carbocycles. The highest BCUT2D eigenvalue weighted by atomic mass is 32.2. The van der Waals surface area contributed by atoms with Crippen LogP contribution in [0.2, 0.25) is 0 Å². The topological polar surface area (TPSA) is 115 Å². The zero-order valence-corrected chi connectivity index (χ0v) is 8.28. The van der Waals surface area contributed by atoms with Crippen molar-refractivity contribution < 1.29 is 22.4 Å². The lowest BCUT2D eigenvalue weighted by Crippen LogP contribution is -2.15. The molecule has 82 valence electrons. The maximum absolute atomic E-state index is 11.0. The van der Waals surface area contributed by atoms with Gasteiger partial charge in [0, 0.05) is 6.07 Å². The fourth-order valence-electron chi connectivity index (χ4n) is 0.616. The molecule has 1 aromatic rings. The van der Waals surface area contributed by atoms with Gasteiger partial charge >= 0.3 is 5.97 Å². The number of hydrogen-bond donors (Lipinski definition) is 1. The van der Waals surface area contributed by atoms with Crippen molar-refractivity contribution in [3.05, 3.63) is 28.4 Å². The highest BCUT2D eigenvalue weighted by Gasteiger charge is 2.14. The molecule has 1 rings (SSSR count). The number of aromatic nitrogens is 2. The molecule has 0 fully saturated rings. The molecule has 0 saturated carbocycles. The number of aromatic amines is 1. The fraction of sp³-hybridized carbons (Fsp3) is 0.167. The number of carbonyl (C=O) groups excluding carboxylic acids is 1. The second-order valence-corrected chi connectivity index (χ2v) is 3.98. The number of H-pyrrole nitrogens is 1. The van der Waals surface area contributed by atoms with Gasteiger partial charge in [-0.3, -0.25) is 9.68 Å². The summed E-state index contributed by atoms with van der Waals surface area (Å²) in [6, 6.07) is 0.841. The molecule has 0 radical (unpaired) electrons. The summed E-state index contributed by atoms with van der Waals surface area (Å²) in [5.74, 6) is -1.17. The first-order chi connectivity index (χ1) is 6.88. The Morgan fingerprint density at radius 2 is 2.20 bits per heavy atom. The van der Waals surface area contributed by atoms with Gasteiger partial charge in [-0.05, 0) is 0 Å². The largest absolute Gasteiger partial charge is 0.393 e. The predicted octanol–water partition coefficient (Wildman–Crippen LogP) is -1.18. The minimum Gasteiger partial charge on any atom is -0.313 e. The minimum absolute atomic E-state index is 0.359. The van der Waals surface area contributed by atoms with Crippen LogP contribution in [0.25, 0.3) is 0 Å². The number of nitrogens with zero attached hydrogens (tertiary/aromatic N) is 1. The molecule has 0 bridgehead atoms. The van der Waals surface area contributed by atoms with Crippen molar-refractivity contribution in [1.82, 2.24) is 9.97 Å². The Bertz CT molecular complexity index is 518. The summed E-state index contributed by atoms with van der Waals surface area (Å²) in [6.07, 6.45) is 1.67. The average molecular weight is 234 g/mol. The van der Waals surface area contributed by atoms with Gasteiger partial charge in [-0.15, -0.1) is 0 Å². The quantitative estimate of drug-likeness (QED) is 0.516. The summed E-state index contributed by atoms with van der Waals surface area (Å²) in [4.78, 5) is 31.3. The fourth-order valence-corrected chi connectivity index (χ4v) is 0.801. The van der Waals surface area contributed by atoms with E-state index >= 15 is 0 Å². The summed E-state index contributed by atoms with van der Waals surface area (Å²) in [7, 11) is -3.89. The standard InChI is InChI=1S/C6H6N2O6S/c1-15(11,12)14-13-6(10)4-2-5(9)8-3-7-4/h2-3H,1H3,(H,7,8,9). The van der Waals surface area contributed by atoms with Crippen LogP contribution < -0.4 is 5.56 Å². The Hall–Kier alpha value is -1.74. The van der Waals surface area contributed by atoms with Crippen molar-refractivity contribution >= 4 is 16.1 Å². The van der Waals surface area contributed by atoms with E-state index in [1.807, 2.05) is 0 Å². The van der Waals surface area contributed by atoms with Crippen LogP contribution in [0.15, 0.2) is 17.2 Å². The average Bonchev–Trinajstić information content (AvgIpc) is 2.13. The SMILES string of the molecule is CS(=O)(=O)OOC(=O)c1cc(=O)[nH]cn1. The first-order valence-electron chi connectivity index (χ1n) is 3.54. The van der Waals surface area contributed by atoms with Crippen molar-refractivity contribution in [2.45, 2.75) is 0 Å². The molecule has 1 N–H and O–H groups in total. The molecule has 0 unspecified atom stereocenters. The predicted molar refractivity (Wildman–Crippen MR) is 46.2 cm³/mol. The second kappa shape index (κ2) is 4.19. The molecule has 15 heavy (non-hydrogen) atoms. The third kappa shape index (κ3) is 3.87. The van der Waals surface area contributed by atoms with E-state index in [9.17, 15) is 18.0 Å². The molecular formula is C6H6N2O6S. The van der Waals surface area contributed by atoms with Crippen LogP contribution in [-0.2, 0) is 19.3 Å². The van der Waals surface area contributed by atoms with Crippen molar-refractivity contribution in [2.24, 2.45) is 0 Å². The van der Waals surface area contributed by atoms with E-state index in [1.165, 1.54) is 0 Å². The van der Waals surface area contributed by atoms with E-state index < -0.39 is 21.6 Å². The van der Waals surface area contributed by atoms with Gasteiger partial charge in [0.2, 0.25) is 0 Å². The van der Waals surface area contributed by atoms with Gasteiger partial charge in [-0.2, -0.15) is 8.42 Å². The van der Waals surface area contributed by atoms with E-state index in [2.05, 4.69) is 19.2 Å². The molecule has 0 aromatic carbocycles. The molecule has 0 amide bonds. The van der Waals surface area contributed by atoms with Gasteiger partial charge in [0.1, 0.15) is 0 Å². The molecule has 9 heteroatoms. The Labute approximate surface area is 83.9 Å². The van der Waals surface area contributed by atoms with Gasteiger partial charge in [-0.25, -0.2) is 9.78 Å². The summed E-state index contributed by atoms with van der Waals surface area (Å²) in [5, 5.41) is 0. The first-order valence-corrected chi connectivity index (χ1v) is 5.35. The third-order valence-electron chi connectivity index (χ3n) is 1.12. The Kier molecular flexibility index (Phi) is 3.17. The van der Waals surface area contributed by atoms with E-state index in [0.717, 1.165) is 12.4 Å². The monoisotopic (exact) mass is 234 g/mol. The summed E-state index contributed by atoms with van der Waals surface area (Å²) in [6.45, 7) is 0. The van der Waals surface area contributed by atoms with Crippen LogP contribution in [0.3, 0.4) is 0 Å².